The lowest BCUT2D eigenvalue weighted by atomic mass is 10.2. The standard InChI is InChI=1S/C22H15ClN4OS/c1-14-10-16(11-20(23)25-14)13-29-22-26-19-5-3-2-4-18(19)21(28)27(22)17-8-6-15(12-24)7-9-17/h2-11H,13H2,1H3. The topological polar surface area (TPSA) is 71.6 Å². The molecule has 0 saturated carbocycles. The van der Waals surface area contributed by atoms with Gasteiger partial charge in [-0.1, -0.05) is 35.5 Å². The van der Waals surface area contributed by atoms with Gasteiger partial charge in [0.1, 0.15) is 5.15 Å². The first-order chi connectivity index (χ1) is 14.0. The number of thioether (sulfide) groups is 1. The molecule has 29 heavy (non-hydrogen) atoms. The third-order valence-corrected chi connectivity index (χ3v) is 5.55. The maximum Gasteiger partial charge on any atom is 0.266 e. The van der Waals surface area contributed by atoms with E-state index in [0.717, 1.165) is 11.3 Å². The van der Waals surface area contributed by atoms with Gasteiger partial charge in [0.25, 0.3) is 5.56 Å². The molecule has 0 bridgehead atoms. The zero-order valence-electron chi connectivity index (χ0n) is 15.5. The molecule has 2 heterocycles. The number of nitrogens with zero attached hydrogens (tertiary/aromatic N) is 4. The molecule has 0 aliphatic heterocycles. The van der Waals surface area contributed by atoms with E-state index in [2.05, 4.69) is 11.1 Å². The van der Waals surface area contributed by atoms with Crippen molar-refractivity contribution in [2.24, 2.45) is 0 Å². The van der Waals surface area contributed by atoms with Crippen LogP contribution in [-0.4, -0.2) is 14.5 Å². The largest absolute Gasteiger partial charge is 0.268 e. The van der Waals surface area contributed by atoms with Crippen LogP contribution < -0.4 is 5.56 Å². The van der Waals surface area contributed by atoms with E-state index in [4.69, 9.17) is 21.8 Å². The molecule has 142 valence electrons. The number of pyridine rings is 1. The van der Waals surface area contributed by atoms with Gasteiger partial charge < -0.3 is 0 Å². The van der Waals surface area contributed by atoms with Crippen molar-refractivity contribution in [3.05, 3.63) is 93.0 Å². The molecule has 2 aromatic carbocycles. The number of hydrogen-bond acceptors (Lipinski definition) is 5. The summed E-state index contributed by atoms with van der Waals surface area (Å²) in [5.41, 5.74) is 3.54. The summed E-state index contributed by atoms with van der Waals surface area (Å²) < 4.78 is 1.59. The van der Waals surface area contributed by atoms with Crippen LogP contribution in [0.4, 0.5) is 0 Å². The molecule has 5 nitrogen and oxygen atoms in total. The van der Waals surface area contributed by atoms with Crippen LogP contribution in [0.25, 0.3) is 16.6 Å². The molecule has 0 N–H and O–H groups in total. The quantitative estimate of drug-likeness (QED) is 0.267. The van der Waals surface area contributed by atoms with E-state index in [-0.39, 0.29) is 5.56 Å². The van der Waals surface area contributed by atoms with Crippen molar-refractivity contribution < 1.29 is 0 Å². The van der Waals surface area contributed by atoms with Crippen LogP contribution in [0.2, 0.25) is 5.15 Å². The molecule has 2 aromatic heterocycles. The Morgan fingerprint density at radius 3 is 2.59 bits per heavy atom. The smallest absolute Gasteiger partial charge is 0.266 e. The number of nitriles is 1. The maximum absolute atomic E-state index is 13.2. The predicted octanol–water partition coefficient (Wildman–Crippen LogP) is 4.91. The second-order valence-corrected chi connectivity index (χ2v) is 7.77. The number of halogens is 1. The van der Waals surface area contributed by atoms with E-state index in [1.807, 2.05) is 37.3 Å². The lowest BCUT2D eigenvalue weighted by molar-refractivity contribution is 0.819. The van der Waals surface area contributed by atoms with Crippen molar-refractivity contribution >= 4 is 34.3 Å². The van der Waals surface area contributed by atoms with Gasteiger partial charge in [0.15, 0.2) is 5.16 Å². The summed E-state index contributed by atoms with van der Waals surface area (Å²) in [6.45, 7) is 1.89. The summed E-state index contributed by atoms with van der Waals surface area (Å²) in [6, 6.07) is 20.1. The number of aromatic nitrogens is 3. The first kappa shape index (κ1) is 19.2. The number of para-hydroxylation sites is 1. The Hall–Kier alpha value is -3.14. The third kappa shape index (κ3) is 4.02. The average Bonchev–Trinajstić information content (AvgIpc) is 2.72. The van der Waals surface area contributed by atoms with E-state index in [0.29, 0.717) is 38.2 Å². The first-order valence-corrected chi connectivity index (χ1v) is 10.2. The third-order valence-electron chi connectivity index (χ3n) is 4.35. The Kier molecular flexibility index (Phi) is 5.34. The van der Waals surface area contributed by atoms with E-state index < -0.39 is 0 Å². The van der Waals surface area contributed by atoms with E-state index in [1.165, 1.54) is 11.8 Å². The molecule has 0 unspecified atom stereocenters. The van der Waals surface area contributed by atoms with Crippen molar-refractivity contribution in [3.8, 4) is 11.8 Å². The van der Waals surface area contributed by atoms with E-state index >= 15 is 0 Å². The molecule has 4 rings (SSSR count). The Morgan fingerprint density at radius 2 is 1.86 bits per heavy atom. The van der Waals surface area contributed by atoms with Gasteiger partial charge in [0.2, 0.25) is 0 Å². The van der Waals surface area contributed by atoms with Crippen molar-refractivity contribution in [2.45, 2.75) is 17.8 Å². The molecule has 0 radical (unpaired) electrons. The molecule has 0 fully saturated rings. The molecular weight excluding hydrogens is 404 g/mol. The number of benzene rings is 2. The Balaban J connectivity index is 1.82. The zero-order chi connectivity index (χ0) is 20.4. The van der Waals surface area contributed by atoms with Crippen LogP contribution in [0.15, 0.2) is 70.6 Å². The van der Waals surface area contributed by atoms with Crippen LogP contribution in [-0.2, 0) is 5.75 Å². The van der Waals surface area contributed by atoms with Gasteiger partial charge in [-0.3, -0.25) is 9.36 Å². The molecule has 4 aromatic rings. The summed E-state index contributed by atoms with van der Waals surface area (Å²) in [6.07, 6.45) is 0. The first-order valence-electron chi connectivity index (χ1n) is 8.83. The number of rotatable bonds is 4. The molecule has 7 heteroatoms. The molecule has 0 spiro atoms. The van der Waals surface area contributed by atoms with Crippen molar-refractivity contribution in [3.63, 3.8) is 0 Å². The number of aryl methyl sites for hydroxylation is 1. The Morgan fingerprint density at radius 1 is 1.10 bits per heavy atom. The maximum atomic E-state index is 13.2. The van der Waals surface area contributed by atoms with Crippen LogP contribution in [0.1, 0.15) is 16.8 Å². The van der Waals surface area contributed by atoms with E-state index in [9.17, 15) is 4.79 Å². The minimum atomic E-state index is -0.147. The molecule has 0 atom stereocenters. The fourth-order valence-corrected chi connectivity index (χ4v) is 4.27. The SMILES string of the molecule is Cc1cc(CSc2nc3ccccc3c(=O)n2-c2ccc(C#N)cc2)cc(Cl)n1. The fraction of sp³-hybridized carbons (Fsp3) is 0.0909. The summed E-state index contributed by atoms with van der Waals surface area (Å²) in [5.74, 6) is 0.587. The summed E-state index contributed by atoms with van der Waals surface area (Å²) in [4.78, 5) is 22.1. The Labute approximate surface area is 176 Å². The zero-order valence-corrected chi connectivity index (χ0v) is 17.0. The van der Waals surface area contributed by atoms with Gasteiger partial charge in [0.05, 0.1) is 28.2 Å². The van der Waals surface area contributed by atoms with Crippen LogP contribution in [0, 0.1) is 18.3 Å². The highest BCUT2D eigenvalue weighted by Crippen LogP contribution is 2.26. The molecule has 0 amide bonds. The van der Waals surface area contributed by atoms with E-state index in [1.54, 1.807) is 34.9 Å². The highest BCUT2D eigenvalue weighted by molar-refractivity contribution is 7.98. The van der Waals surface area contributed by atoms with Gasteiger partial charge in [0, 0.05) is 11.4 Å². The summed E-state index contributed by atoms with van der Waals surface area (Å²) in [7, 11) is 0. The lowest BCUT2D eigenvalue weighted by Crippen LogP contribution is -2.21. The second-order valence-electron chi connectivity index (χ2n) is 6.44. The lowest BCUT2D eigenvalue weighted by Gasteiger charge is -2.13. The van der Waals surface area contributed by atoms with Crippen molar-refractivity contribution in [1.29, 1.82) is 5.26 Å². The van der Waals surface area contributed by atoms with Gasteiger partial charge in [-0.2, -0.15) is 5.26 Å². The van der Waals surface area contributed by atoms with Crippen molar-refractivity contribution in [1.82, 2.24) is 14.5 Å². The average molecular weight is 419 g/mol. The van der Waals surface area contributed by atoms with Gasteiger partial charge in [-0.15, -0.1) is 0 Å². The van der Waals surface area contributed by atoms with Gasteiger partial charge in [-0.05, 0) is 61.0 Å². The van der Waals surface area contributed by atoms with Crippen LogP contribution in [0.5, 0.6) is 0 Å². The van der Waals surface area contributed by atoms with Crippen LogP contribution >= 0.6 is 23.4 Å². The molecular formula is C22H15ClN4OS. The minimum absolute atomic E-state index is 0.147. The normalized spacial score (nSPS) is 10.8. The molecule has 0 aliphatic carbocycles. The molecule has 0 aliphatic rings. The Bertz CT molecular complexity index is 1290. The minimum Gasteiger partial charge on any atom is -0.268 e. The second kappa shape index (κ2) is 8.08. The predicted molar refractivity (Wildman–Crippen MR) is 116 cm³/mol. The highest BCUT2D eigenvalue weighted by Gasteiger charge is 2.14. The number of hydrogen-bond donors (Lipinski definition) is 0. The monoisotopic (exact) mass is 418 g/mol. The van der Waals surface area contributed by atoms with Gasteiger partial charge in [-0.25, -0.2) is 9.97 Å². The fourth-order valence-electron chi connectivity index (χ4n) is 3.05. The summed E-state index contributed by atoms with van der Waals surface area (Å²) >= 11 is 7.53. The number of fused-ring (bicyclic) bond motifs is 1. The van der Waals surface area contributed by atoms with Crippen LogP contribution in [0.3, 0.4) is 0 Å². The highest BCUT2D eigenvalue weighted by atomic mass is 35.5. The van der Waals surface area contributed by atoms with Gasteiger partial charge >= 0.3 is 0 Å². The summed E-state index contributed by atoms with van der Waals surface area (Å²) in [5, 5.41) is 10.6. The molecule has 0 saturated heterocycles. The van der Waals surface area contributed by atoms with Crippen molar-refractivity contribution in [2.75, 3.05) is 0 Å².